The van der Waals surface area contributed by atoms with E-state index in [9.17, 15) is 9.90 Å². The largest absolute Gasteiger partial charge is 0.392 e. The summed E-state index contributed by atoms with van der Waals surface area (Å²) in [5.74, 6) is 0. The van der Waals surface area contributed by atoms with Gasteiger partial charge in [0.15, 0.2) is 0 Å². The molecular formula is C14H27N3O3. The van der Waals surface area contributed by atoms with Gasteiger partial charge >= 0.3 is 6.03 Å². The lowest BCUT2D eigenvalue weighted by Gasteiger charge is -2.35. The Bertz CT molecular complexity index is 300. The Morgan fingerprint density at radius 3 is 2.75 bits per heavy atom. The molecule has 0 aromatic rings. The lowest BCUT2D eigenvalue weighted by atomic mass is 10.2. The van der Waals surface area contributed by atoms with Gasteiger partial charge in [0.25, 0.3) is 0 Å². The Morgan fingerprint density at radius 1 is 1.40 bits per heavy atom. The lowest BCUT2D eigenvalue weighted by Crippen LogP contribution is -2.53. The zero-order valence-electron chi connectivity index (χ0n) is 12.4. The number of urea groups is 1. The number of nitrogens with one attached hydrogen (secondary N) is 1. The van der Waals surface area contributed by atoms with Crippen molar-refractivity contribution in [2.75, 3.05) is 45.9 Å². The maximum absolute atomic E-state index is 12.0. The molecule has 0 radical (unpaired) electrons. The SMILES string of the molecule is CCC(O)CN1CCN(C(=O)NCC2CCCO2)CC1. The number of carbonyl (C=O) groups excluding carboxylic acids is 1. The molecule has 20 heavy (non-hydrogen) atoms. The monoisotopic (exact) mass is 285 g/mol. The van der Waals surface area contributed by atoms with Gasteiger partial charge in [-0.1, -0.05) is 6.92 Å². The maximum atomic E-state index is 12.0. The Labute approximate surface area is 121 Å². The highest BCUT2D eigenvalue weighted by atomic mass is 16.5. The molecule has 2 N–H and O–H groups in total. The summed E-state index contributed by atoms with van der Waals surface area (Å²) in [5, 5.41) is 12.6. The number of β-amino-alcohol motifs (C(OH)–C–C–N with tert-alkyl or cyclic N) is 1. The number of hydrogen-bond donors (Lipinski definition) is 2. The van der Waals surface area contributed by atoms with Gasteiger partial charge in [-0.3, -0.25) is 4.90 Å². The van der Waals surface area contributed by atoms with Crippen LogP contribution in [-0.2, 0) is 4.74 Å². The minimum Gasteiger partial charge on any atom is -0.392 e. The number of rotatable bonds is 5. The second-order valence-electron chi connectivity index (χ2n) is 5.67. The molecular weight excluding hydrogens is 258 g/mol. The van der Waals surface area contributed by atoms with E-state index < -0.39 is 0 Å². The van der Waals surface area contributed by atoms with Gasteiger partial charge in [-0.15, -0.1) is 0 Å². The summed E-state index contributed by atoms with van der Waals surface area (Å²) >= 11 is 0. The average molecular weight is 285 g/mol. The minimum atomic E-state index is -0.255. The number of aliphatic hydroxyl groups excluding tert-OH is 1. The van der Waals surface area contributed by atoms with Crippen molar-refractivity contribution in [1.82, 2.24) is 15.1 Å². The average Bonchev–Trinajstić information content (AvgIpc) is 2.98. The van der Waals surface area contributed by atoms with Gasteiger partial charge < -0.3 is 20.1 Å². The van der Waals surface area contributed by atoms with E-state index in [0.717, 1.165) is 52.0 Å². The standard InChI is InChI=1S/C14H27N3O3/c1-2-12(18)11-16-5-7-17(8-6-16)14(19)15-10-13-4-3-9-20-13/h12-13,18H,2-11H2,1H3,(H,15,19). The smallest absolute Gasteiger partial charge is 0.317 e. The fourth-order valence-electron chi connectivity index (χ4n) is 2.68. The summed E-state index contributed by atoms with van der Waals surface area (Å²) in [6.07, 6.45) is 2.86. The first kappa shape index (κ1) is 15.5. The van der Waals surface area contributed by atoms with Crippen molar-refractivity contribution in [2.45, 2.75) is 38.4 Å². The third-order valence-corrected chi connectivity index (χ3v) is 4.10. The van der Waals surface area contributed by atoms with Crippen molar-refractivity contribution >= 4 is 6.03 Å². The van der Waals surface area contributed by atoms with Gasteiger partial charge in [-0.25, -0.2) is 4.79 Å². The van der Waals surface area contributed by atoms with Crippen LogP contribution in [0.25, 0.3) is 0 Å². The van der Waals surface area contributed by atoms with Gasteiger partial charge in [-0.05, 0) is 19.3 Å². The normalized spacial score (nSPS) is 25.7. The molecule has 0 aromatic carbocycles. The lowest BCUT2D eigenvalue weighted by molar-refractivity contribution is 0.0767. The fourth-order valence-corrected chi connectivity index (χ4v) is 2.68. The van der Waals surface area contributed by atoms with Gasteiger partial charge in [0.1, 0.15) is 0 Å². The topological polar surface area (TPSA) is 65.0 Å². The summed E-state index contributed by atoms with van der Waals surface area (Å²) in [7, 11) is 0. The molecule has 2 unspecified atom stereocenters. The Morgan fingerprint density at radius 2 is 2.15 bits per heavy atom. The van der Waals surface area contributed by atoms with Crippen LogP contribution in [0.5, 0.6) is 0 Å². The second kappa shape index (κ2) is 7.81. The summed E-state index contributed by atoms with van der Waals surface area (Å²) in [5.41, 5.74) is 0. The number of piperazine rings is 1. The van der Waals surface area contributed by atoms with Crippen LogP contribution in [0, 0.1) is 0 Å². The molecule has 2 fully saturated rings. The van der Waals surface area contributed by atoms with Crippen LogP contribution in [-0.4, -0.2) is 79.0 Å². The van der Waals surface area contributed by atoms with Crippen molar-refractivity contribution in [2.24, 2.45) is 0 Å². The van der Waals surface area contributed by atoms with Crippen LogP contribution in [0.4, 0.5) is 4.79 Å². The maximum Gasteiger partial charge on any atom is 0.317 e. The van der Waals surface area contributed by atoms with Crippen LogP contribution in [0.2, 0.25) is 0 Å². The molecule has 0 spiro atoms. The van der Waals surface area contributed by atoms with Gasteiger partial charge in [0.05, 0.1) is 12.2 Å². The van der Waals surface area contributed by atoms with Crippen LogP contribution in [0.1, 0.15) is 26.2 Å². The van der Waals surface area contributed by atoms with Gasteiger partial charge in [0.2, 0.25) is 0 Å². The number of ether oxygens (including phenoxy) is 1. The van der Waals surface area contributed by atoms with Crippen molar-refractivity contribution in [1.29, 1.82) is 0 Å². The fraction of sp³-hybridized carbons (Fsp3) is 0.929. The van der Waals surface area contributed by atoms with E-state index in [0.29, 0.717) is 13.1 Å². The Hall–Kier alpha value is -0.850. The molecule has 0 bridgehead atoms. The minimum absolute atomic E-state index is 0.0104. The molecule has 0 aliphatic carbocycles. The zero-order chi connectivity index (χ0) is 14.4. The van der Waals surface area contributed by atoms with Crippen LogP contribution < -0.4 is 5.32 Å². The highest BCUT2D eigenvalue weighted by Crippen LogP contribution is 2.11. The van der Waals surface area contributed by atoms with E-state index in [-0.39, 0.29) is 18.2 Å². The first-order chi connectivity index (χ1) is 9.69. The predicted molar refractivity (Wildman–Crippen MR) is 76.7 cm³/mol. The van der Waals surface area contributed by atoms with Crippen molar-refractivity contribution in [3.63, 3.8) is 0 Å². The number of carbonyl (C=O) groups is 1. The summed E-state index contributed by atoms with van der Waals surface area (Å²) in [6, 6.07) is 0.0104. The van der Waals surface area contributed by atoms with Crippen LogP contribution in [0.15, 0.2) is 0 Å². The van der Waals surface area contributed by atoms with E-state index in [1.807, 2.05) is 11.8 Å². The third-order valence-electron chi connectivity index (χ3n) is 4.10. The Balaban J connectivity index is 1.63. The molecule has 6 nitrogen and oxygen atoms in total. The number of amides is 2. The molecule has 2 rings (SSSR count). The van der Waals surface area contributed by atoms with E-state index >= 15 is 0 Å². The highest BCUT2D eigenvalue weighted by Gasteiger charge is 2.23. The van der Waals surface area contributed by atoms with Gasteiger partial charge in [-0.2, -0.15) is 0 Å². The van der Waals surface area contributed by atoms with Crippen molar-refractivity contribution in [3.05, 3.63) is 0 Å². The number of nitrogens with zero attached hydrogens (tertiary/aromatic N) is 2. The second-order valence-corrected chi connectivity index (χ2v) is 5.67. The predicted octanol–water partition coefficient (Wildman–Crippen LogP) is 0.264. The molecule has 2 atom stereocenters. The molecule has 2 aliphatic heterocycles. The number of aliphatic hydroxyl groups is 1. The molecule has 2 aliphatic rings. The van der Waals surface area contributed by atoms with E-state index in [4.69, 9.17) is 4.74 Å². The first-order valence-electron chi connectivity index (χ1n) is 7.74. The zero-order valence-corrected chi connectivity index (χ0v) is 12.4. The van der Waals surface area contributed by atoms with E-state index in [2.05, 4.69) is 10.2 Å². The first-order valence-corrected chi connectivity index (χ1v) is 7.74. The van der Waals surface area contributed by atoms with Crippen LogP contribution >= 0.6 is 0 Å². The summed E-state index contributed by atoms with van der Waals surface area (Å²) in [6.45, 7) is 7.27. The van der Waals surface area contributed by atoms with E-state index in [1.165, 1.54) is 0 Å². The molecule has 6 heteroatoms. The highest BCUT2D eigenvalue weighted by molar-refractivity contribution is 5.74. The van der Waals surface area contributed by atoms with Crippen LogP contribution in [0.3, 0.4) is 0 Å². The molecule has 0 saturated carbocycles. The molecule has 0 aromatic heterocycles. The molecule has 2 heterocycles. The number of hydrogen-bond acceptors (Lipinski definition) is 4. The van der Waals surface area contributed by atoms with E-state index in [1.54, 1.807) is 0 Å². The summed E-state index contributed by atoms with van der Waals surface area (Å²) in [4.78, 5) is 16.1. The molecule has 2 saturated heterocycles. The van der Waals surface area contributed by atoms with Crippen molar-refractivity contribution in [3.8, 4) is 0 Å². The quantitative estimate of drug-likeness (QED) is 0.761. The third kappa shape index (κ3) is 4.61. The van der Waals surface area contributed by atoms with Crippen molar-refractivity contribution < 1.29 is 14.6 Å². The molecule has 2 amide bonds. The van der Waals surface area contributed by atoms with Gasteiger partial charge in [0, 0.05) is 45.9 Å². The molecule has 116 valence electrons. The Kier molecular flexibility index (Phi) is 6.06. The summed E-state index contributed by atoms with van der Waals surface area (Å²) < 4.78 is 5.49.